The number of benzene rings is 1. The summed E-state index contributed by atoms with van der Waals surface area (Å²) in [5.41, 5.74) is 1.70. The van der Waals surface area contributed by atoms with Gasteiger partial charge in [0.1, 0.15) is 5.75 Å². The molecule has 0 unspecified atom stereocenters. The number of aromatic hydroxyl groups is 1. The Labute approximate surface area is 117 Å². The monoisotopic (exact) mass is 271 g/mol. The van der Waals surface area contributed by atoms with Crippen LogP contribution < -0.4 is 5.32 Å². The van der Waals surface area contributed by atoms with Crippen molar-refractivity contribution in [2.24, 2.45) is 0 Å². The smallest absolute Gasteiger partial charge is 0.257 e. The summed E-state index contributed by atoms with van der Waals surface area (Å²) in [6, 6.07) is 6.81. The summed E-state index contributed by atoms with van der Waals surface area (Å²) in [5.74, 6) is -0.286. The highest BCUT2D eigenvalue weighted by Gasteiger charge is 2.16. The molecule has 0 atom stereocenters. The SMILES string of the molecule is CC(C)(C)c1ccc(NC(=O)c2ccnnc2)c(O)c1. The molecule has 1 aromatic carbocycles. The fourth-order valence-electron chi connectivity index (χ4n) is 1.72. The van der Waals surface area contributed by atoms with Crippen LogP contribution in [-0.2, 0) is 5.41 Å². The van der Waals surface area contributed by atoms with Gasteiger partial charge in [-0.3, -0.25) is 4.79 Å². The Balaban J connectivity index is 2.21. The van der Waals surface area contributed by atoms with Gasteiger partial charge in [0, 0.05) is 0 Å². The first-order valence-corrected chi connectivity index (χ1v) is 6.29. The van der Waals surface area contributed by atoms with Crippen LogP contribution >= 0.6 is 0 Å². The van der Waals surface area contributed by atoms with Gasteiger partial charge in [0.25, 0.3) is 5.91 Å². The second kappa shape index (κ2) is 5.28. The molecule has 1 heterocycles. The molecule has 0 saturated carbocycles. The first-order chi connectivity index (χ1) is 9.38. The highest BCUT2D eigenvalue weighted by atomic mass is 16.3. The summed E-state index contributed by atoms with van der Waals surface area (Å²) < 4.78 is 0. The van der Waals surface area contributed by atoms with Gasteiger partial charge in [-0.1, -0.05) is 26.8 Å². The normalized spacial score (nSPS) is 11.2. The third-order valence-corrected chi connectivity index (χ3v) is 2.96. The number of anilines is 1. The number of nitrogens with one attached hydrogen (secondary N) is 1. The van der Waals surface area contributed by atoms with E-state index in [1.54, 1.807) is 18.2 Å². The van der Waals surface area contributed by atoms with E-state index < -0.39 is 0 Å². The van der Waals surface area contributed by atoms with Gasteiger partial charge in [0.05, 0.1) is 23.6 Å². The quantitative estimate of drug-likeness (QED) is 0.823. The van der Waals surface area contributed by atoms with Gasteiger partial charge >= 0.3 is 0 Å². The Morgan fingerprint density at radius 3 is 2.50 bits per heavy atom. The second-order valence-electron chi connectivity index (χ2n) is 5.57. The van der Waals surface area contributed by atoms with Gasteiger partial charge < -0.3 is 10.4 Å². The molecule has 104 valence electrons. The molecule has 0 bridgehead atoms. The third-order valence-electron chi connectivity index (χ3n) is 2.96. The molecule has 0 aliphatic heterocycles. The van der Waals surface area contributed by atoms with E-state index in [0.717, 1.165) is 5.56 Å². The molecule has 1 amide bonds. The summed E-state index contributed by atoms with van der Waals surface area (Å²) in [6.07, 6.45) is 2.81. The van der Waals surface area contributed by atoms with E-state index in [1.165, 1.54) is 12.4 Å². The number of phenols is 1. The Bertz CT molecular complexity index is 619. The summed E-state index contributed by atoms with van der Waals surface area (Å²) in [7, 11) is 0. The zero-order chi connectivity index (χ0) is 14.8. The van der Waals surface area contributed by atoms with Crippen molar-refractivity contribution in [2.45, 2.75) is 26.2 Å². The van der Waals surface area contributed by atoms with Crippen LogP contribution in [0.3, 0.4) is 0 Å². The van der Waals surface area contributed by atoms with E-state index in [-0.39, 0.29) is 17.1 Å². The van der Waals surface area contributed by atoms with Crippen molar-refractivity contribution in [3.63, 3.8) is 0 Å². The lowest BCUT2D eigenvalue weighted by molar-refractivity contribution is 0.102. The van der Waals surface area contributed by atoms with Crippen LogP contribution in [0.25, 0.3) is 0 Å². The molecule has 5 nitrogen and oxygen atoms in total. The number of rotatable bonds is 2. The minimum atomic E-state index is -0.335. The van der Waals surface area contributed by atoms with Crippen LogP contribution in [0.15, 0.2) is 36.7 Å². The van der Waals surface area contributed by atoms with Crippen molar-refractivity contribution in [1.82, 2.24) is 10.2 Å². The van der Waals surface area contributed by atoms with E-state index in [9.17, 15) is 9.90 Å². The Morgan fingerprint density at radius 1 is 1.20 bits per heavy atom. The van der Waals surface area contributed by atoms with Crippen LogP contribution in [0.4, 0.5) is 5.69 Å². The van der Waals surface area contributed by atoms with Crippen molar-refractivity contribution < 1.29 is 9.90 Å². The topological polar surface area (TPSA) is 75.1 Å². The van der Waals surface area contributed by atoms with Crippen LogP contribution in [0, 0.1) is 0 Å². The zero-order valence-electron chi connectivity index (χ0n) is 11.7. The molecule has 1 aromatic heterocycles. The standard InChI is InChI=1S/C15H17N3O2/c1-15(2,3)11-4-5-12(13(19)8-11)18-14(20)10-6-7-16-17-9-10/h4-9,19H,1-3H3,(H,18,20). The highest BCUT2D eigenvalue weighted by Crippen LogP contribution is 2.30. The first kappa shape index (κ1) is 14.0. The van der Waals surface area contributed by atoms with Crippen molar-refractivity contribution in [2.75, 3.05) is 5.32 Å². The van der Waals surface area contributed by atoms with Gasteiger partial charge in [0.15, 0.2) is 0 Å². The third kappa shape index (κ3) is 3.12. The molecule has 2 aromatic rings. The Hall–Kier alpha value is -2.43. The number of hydrogen-bond acceptors (Lipinski definition) is 4. The lowest BCUT2D eigenvalue weighted by atomic mass is 9.87. The molecule has 2 rings (SSSR count). The molecule has 5 heteroatoms. The van der Waals surface area contributed by atoms with Crippen LogP contribution in [-0.4, -0.2) is 21.2 Å². The highest BCUT2D eigenvalue weighted by molar-refractivity contribution is 6.04. The van der Waals surface area contributed by atoms with E-state index in [0.29, 0.717) is 11.3 Å². The molecular weight excluding hydrogens is 254 g/mol. The maximum Gasteiger partial charge on any atom is 0.257 e. The molecule has 0 aliphatic carbocycles. The van der Waals surface area contributed by atoms with Crippen LogP contribution in [0.5, 0.6) is 5.75 Å². The van der Waals surface area contributed by atoms with Gasteiger partial charge in [-0.25, -0.2) is 0 Å². The van der Waals surface area contributed by atoms with Gasteiger partial charge in [0.2, 0.25) is 0 Å². The number of amides is 1. The van der Waals surface area contributed by atoms with Crippen LogP contribution in [0.2, 0.25) is 0 Å². The fraction of sp³-hybridized carbons (Fsp3) is 0.267. The van der Waals surface area contributed by atoms with Gasteiger partial charge in [-0.05, 0) is 29.2 Å². The lowest BCUT2D eigenvalue weighted by Gasteiger charge is -2.20. The predicted molar refractivity (Wildman–Crippen MR) is 76.8 cm³/mol. The minimum Gasteiger partial charge on any atom is -0.506 e. The average molecular weight is 271 g/mol. The fourth-order valence-corrected chi connectivity index (χ4v) is 1.72. The second-order valence-corrected chi connectivity index (χ2v) is 5.57. The summed E-state index contributed by atoms with van der Waals surface area (Å²) in [6.45, 7) is 6.17. The number of phenolic OH excluding ortho intramolecular Hbond substituents is 1. The van der Waals surface area contributed by atoms with Gasteiger partial charge in [-0.2, -0.15) is 10.2 Å². The Kier molecular flexibility index (Phi) is 3.70. The number of aromatic nitrogens is 2. The molecule has 0 aliphatic rings. The molecule has 0 saturated heterocycles. The average Bonchev–Trinajstić information content (AvgIpc) is 2.41. The number of carbonyl (C=O) groups is 1. The van der Waals surface area contributed by atoms with Crippen molar-refractivity contribution >= 4 is 11.6 Å². The number of carbonyl (C=O) groups excluding carboxylic acids is 1. The molecule has 20 heavy (non-hydrogen) atoms. The van der Waals surface area contributed by atoms with Crippen molar-refractivity contribution in [1.29, 1.82) is 0 Å². The van der Waals surface area contributed by atoms with E-state index in [1.807, 2.05) is 6.07 Å². The summed E-state index contributed by atoms with van der Waals surface area (Å²) in [5, 5.41) is 19.9. The number of hydrogen-bond donors (Lipinski definition) is 2. The number of nitrogens with zero attached hydrogens (tertiary/aromatic N) is 2. The van der Waals surface area contributed by atoms with Crippen LogP contribution in [0.1, 0.15) is 36.7 Å². The van der Waals surface area contributed by atoms with Crippen molar-refractivity contribution in [3.05, 3.63) is 47.8 Å². The molecule has 2 N–H and O–H groups in total. The first-order valence-electron chi connectivity index (χ1n) is 6.29. The van der Waals surface area contributed by atoms with Gasteiger partial charge in [-0.15, -0.1) is 0 Å². The zero-order valence-corrected chi connectivity index (χ0v) is 11.7. The lowest BCUT2D eigenvalue weighted by Crippen LogP contribution is -2.14. The van der Waals surface area contributed by atoms with E-state index >= 15 is 0 Å². The Morgan fingerprint density at radius 2 is 1.95 bits per heavy atom. The van der Waals surface area contributed by atoms with E-state index in [2.05, 4.69) is 36.3 Å². The molecule has 0 radical (unpaired) electrons. The molecule has 0 spiro atoms. The predicted octanol–water partition coefficient (Wildman–Crippen LogP) is 2.73. The molecule has 0 fully saturated rings. The maximum atomic E-state index is 12.0. The summed E-state index contributed by atoms with van der Waals surface area (Å²) in [4.78, 5) is 12.0. The minimum absolute atomic E-state index is 0.0489. The van der Waals surface area contributed by atoms with E-state index in [4.69, 9.17) is 0 Å². The maximum absolute atomic E-state index is 12.0. The molecular formula is C15H17N3O2. The summed E-state index contributed by atoms with van der Waals surface area (Å²) >= 11 is 0. The van der Waals surface area contributed by atoms with Crippen molar-refractivity contribution in [3.8, 4) is 5.75 Å². The largest absolute Gasteiger partial charge is 0.506 e.